The number of aryl methyl sites for hydroxylation is 1. The zero-order valence-electron chi connectivity index (χ0n) is 21.5. The van der Waals surface area contributed by atoms with Gasteiger partial charge in [-0.15, -0.1) is 0 Å². The van der Waals surface area contributed by atoms with Gasteiger partial charge in [-0.2, -0.15) is 4.31 Å². The molecule has 0 aromatic heterocycles. The van der Waals surface area contributed by atoms with Gasteiger partial charge in [-0.1, -0.05) is 48.9 Å². The normalized spacial score (nSPS) is 14.0. The minimum atomic E-state index is -3.60. The van der Waals surface area contributed by atoms with Crippen molar-refractivity contribution in [2.45, 2.75) is 43.5 Å². The molecule has 1 fully saturated rings. The highest BCUT2D eigenvalue weighted by atomic mass is 32.2. The number of amides is 2. The van der Waals surface area contributed by atoms with Crippen LogP contribution in [0.4, 0.5) is 5.69 Å². The molecule has 0 saturated carbocycles. The van der Waals surface area contributed by atoms with Gasteiger partial charge in [-0.3, -0.25) is 9.59 Å². The maximum atomic E-state index is 13.1. The van der Waals surface area contributed by atoms with Crippen molar-refractivity contribution in [1.82, 2.24) is 9.62 Å². The summed E-state index contributed by atoms with van der Waals surface area (Å²) in [6.45, 7) is 1.41. The summed E-state index contributed by atoms with van der Waals surface area (Å²) >= 11 is 0. The van der Waals surface area contributed by atoms with Crippen molar-refractivity contribution in [1.29, 1.82) is 0 Å². The fourth-order valence-electron chi connectivity index (χ4n) is 4.49. The van der Waals surface area contributed by atoms with E-state index in [0.29, 0.717) is 42.2 Å². The fourth-order valence-corrected chi connectivity index (χ4v) is 6.06. The lowest BCUT2D eigenvalue weighted by Gasteiger charge is -2.26. The third-order valence-corrected chi connectivity index (χ3v) is 8.46. The van der Waals surface area contributed by atoms with E-state index < -0.39 is 10.0 Å². The maximum Gasteiger partial charge on any atom is 0.253 e. The van der Waals surface area contributed by atoms with Crippen LogP contribution in [0.1, 0.15) is 47.2 Å². The van der Waals surface area contributed by atoms with Crippen LogP contribution in [0, 0.1) is 0 Å². The van der Waals surface area contributed by atoms with Crippen LogP contribution in [-0.4, -0.2) is 44.7 Å². The highest BCUT2D eigenvalue weighted by molar-refractivity contribution is 7.89. The van der Waals surface area contributed by atoms with Gasteiger partial charge in [-0.05, 0) is 60.7 Å². The number of para-hydroxylation sites is 1. The summed E-state index contributed by atoms with van der Waals surface area (Å²) in [5.41, 5.74) is 2.39. The Kier molecular flexibility index (Phi) is 9.15. The third kappa shape index (κ3) is 6.79. The summed E-state index contributed by atoms with van der Waals surface area (Å²) in [7, 11) is -2.09. The van der Waals surface area contributed by atoms with E-state index in [-0.39, 0.29) is 29.6 Å². The van der Waals surface area contributed by atoms with Gasteiger partial charge in [0.15, 0.2) is 0 Å². The van der Waals surface area contributed by atoms with Gasteiger partial charge >= 0.3 is 0 Å². The molecule has 1 aliphatic rings. The zero-order valence-corrected chi connectivity index (χ0v) is 22.3. The van der Waals surface area contributed by atoms with E-state index in [0.717, 1.165) is 24.8 Å². The summed E-state index contributed by atoms with van der Waals surface area (Å²) < 4.78 is 33.2. The maximum absolute atomic E-state index is 13.1. The number of carbonyl (C=O) groups is 2. The lowest BCUT2D eigenvalue weighted by atomic mass is 10.1. The van der Waals surface area contributed by atoms with Crippen LogP contribution < -0.4 is 15.4 Å². The molecule has 2 N–H and O–H groups in total. The van der Waals surface area contributed by atoms with Crippen molar-refractivity contribution < 1.29 is 22.7 Å². The SMILES string of the molecule is COc1ccc(S(=O)(=O)N2CCCCC2)cc1CCC(=O)Nc1ccccc1C(=O)NCc1ccccc1. The van der Waals surface area contributed by atoms with Crippen molar-refractivity contribution in [2.75, 3.05) is 25.5 Å². The van der Waals surface area contributed by atoms with Crippen LogP contribution >= 0.6 is 0 Å². The summed E-state index contributed by atoms with van der Waals surface area (Å²) in [4.78, 5) is 25.9. The molecule has 1 aliphatic heterocycles. The van der Waals surface area contributed by atoms with E-state index in [9.17, 15) is 18.0 Å². The van der Waals surface area contributed by atoms with Crippen molar-refractivity contribution >= 4 is 27.5 Å². The van der Waals surface area contributed by atoms with E-state index >= 15 is 0 Å². The number of sulfonamides is 1. The van der Waals surface area contributed by atoms with Gasteiger partial charge in [0.25, 0.3) is 5.91 Å². The smallest absolute Gasteiger partial charge is 0.253 e. The molecular formula is C29H33N3O5S. The van der Waals surface area contributed by atoms with Crippen LogP contribution in [0.15, 0.2) is 77.7 Å². The summed E-state index contributed by atoms with van der Waals surface area (Å²) in [6.07, 6.45) is 3.11. The number of hydrogen-bond donors (Lipinski definition) is 2. The molecular weight excluding hydrogens is 502 g/mol. The minimum absolute atomic E-state index is 0.0868. The quantitative estimate of drug-likeness (QED) is 0.401. The molecule has 1 saturated heterocycles. The Balaban J connectivity index is 1.41. The van der Waals surface area contributed by atoms with Crippen LogP contribution in [0.2, 0.25) is 0 Å². The van der Waals surface area contributed by atoms with E-state index in [2.05, 4.69) is 10.6 Å². The lowest BCUT2D eigenvalue weighted by molar-refractivity contribution is -0.116. The zero-order chi connectivity index (χ0) is 27.0. The molecule has 0 aliphatic carbocycles. The van der Waals surface area contributed by atoms with Gasteiger partial charge in [0.1, 0.15) is 5.75 Å². The second kappa shape index (κ2) is 12.7. The van der Waals surface area contributed by atoms with Crippen LogP contribution in [0.3, 0.4) is 0 Å². The Morgan fingerprint density at radius 1 is 0.921 bits per heavy atom. The Bertz CT molecular complexity index is 1370. The van der Waals surface area contributed by atoms with Gasteiger partial charge in [0.2, 0.25) is 15.9 Å². The molecule has 200 valence electrons. The molecule has 0 atom stereocenters. The highest BCUT2D eigenvalue weighted by Crippen LogP contribution is 2.27. The van der Waals surface area contributed by atoms with E-state index in [4.69, 9.17) is 4.74 Å². The first-order valence-electron chi connectivity index (χ1n) is 12.8. The number of ether oxygens (including phenoxy) is 1. The number of nitrogens with zero attached hydrogens (tertiary/aromatic N) is 1. The topological polar surface area (TPSA) is 105 Å². The van der Waals surface area contributed by atoms with Gasteiger partial charge in [0.05, 0.1) is 23.3 Å². The predicted molar refractivity (Wildman–Crippen MR) is 147 cm³/mol. The minimum Gasteiger partial charge on any atom is -0.496 e. The number of anilines is 1. The monoisotopic (exact) mass is 535 g/mol. The molecule has 38 heavy (non-hydrogen) atoms. The van der Waals surface area contributed by atoms with Crippen molar-refractivity contribution in [2.24, 2.45) is 0 Å². The fraction of sp³-hybridized carbons (Fsp3) is 0.310. The molecule has 0 bridgehead atoms. The largest absolute Gasteiger partial charge is 0.496 e. The summed E-state index contributed by atoms with van der Waals surface area (Å²) in [5, 5.41) is 5.71. The van der Waals surface area contributed by atoms with Crippen LogP contribution in [0.25, 0.3) is 0 Å². The molecule has 3 aromatic rings. The first-order valence-corrected chi connectivity index (χ1v) is 14.2. The number of carbonyl (C=O) groups excluding carboxylic acids is 2. The highest BCUT2D eigenvalue weighted by Gasteiger charge is 2.26. The molecule has 0 radical (unpaired) electrons. The van der Waals surface area contributed by atoms with Crippen molar-refractivity contribution in [3.05, 3.63) is 89.5 Å². The van der Waals surface area contributed by atoms with E-state index in [1.165, 1.54) is 11.4 Å². The molecule has 0 unspecified atom stereocenters. The molecule has 8 nitrogen and oxygen atoms in total. The average molecular weight is 536 g/mol. The second-order valence-electron chi connectivity index (χ2n) is 9.20. The van der Waals surface area contributed by atoms with E-state index in [1.54, 1.807) is 42.5 Å². The molecule has 3 aromatic carbocycles. The second-order valence-corrected chi connectivity index (χ2v) is 11.1. The van der Waals surface area contributed by atoms with Crippen molar-refractivity contribution in [3.63, 3.8) is 0 Å². The lowest BCUT2D eigenvalue weighted by Crippen LogP contribution is -2.35. The van der Waals surface area contributed by atoms with Crippen LogP contribution in [-0.2, 0) is 27.8 Å². The molecule has 4 rings (SSSR count). The Hall–Kier alpha value is -3.69. The standard InChI is InChI=1S/C29H33N3O5S/c1-37-27-16-15-24(38(35,36)32-18-8-3-9-19-32)20-23(27)14-17-28(33)31-26-13-7-6-12-25(26)29(34)30-21-22-10-4-2-5-11-22/h2,4-7,10-13,15-16,20H,3,8-9,14,17-19,21H2,1H3,(H,30,34)(H,31,33). The first kappa shape index (κ1) is 27.3. The van der Waals surface area contributed by atoms with Gasteiger partial charge in [-0.25, -0.2) is 8.42 Å². The average Bonchev–Trinajstić information content (AvgIpc) is 2.96. The van der Waals surface area contributed by atoms with Gasteiger partial charge < -0.3 is 15.4 Å². The summed E-state index contributed by atoms with van der Waals surface area (Å²) in [6, 6.07) is 21.2. The number of rotatable bonds is 10. The molecule has 0 spiro atoms. The van der Waals surface area contributed by atoms with Crippen molar-refractivity contribution in [3.8, 4) is 5.75 Å². The van der Waals surface area contributed by atoms with Gasteiger partial charge in [0, 0.05) is 26.1 Å². The van der Waals surface area contributed by atoms with E-state index in [1.807, 2.05) is 30.3 Å². The summed E-state index contributed by atoms with van der Waals surface area (Å²) in [5.74, 6) is -0.0576. The molecule has 9 heteroatoms. The number of piperidine rings is 1. The Morgan fingerprint density at radius 2 is 1.63 bits per heavy atom. The third-order valence-electron chi connectivity index (χ3n) is 6.57. The number of methoxy groups -OCH3 is 1. The number of hydrogen-bond acceptors (Lipinski definition) is 5. The predicted octanol–water partition coefficient (Wildman–Crippen LogP) is 4.37. The van der Waals surface area contributed by atoms with Crippen LogP contribution in [0.5, 0.6) is 5.75 Å². The Morgan fingerprint density at radius 3 is 2.37 bits per heavy atom. The Labute approximate surface area is 224 Å². The molecule has 2 amide bonds. The molecule has 1 heterocycles. The number of benzene rings is 3. The first-order chi connectivity index (χ1) is 18.4. The number of nitrogens with one attached hydrogen (secondary N) is 2.